The number of hydrogen-bond acceptors (Lipinski definition) is 5. The Morgan fingerprint density at radius 2 is 1.91 bits per heavy atom. The number of para-hydroxylation sites is 2. The molecule has 1 N–H and O–H groups in total. The Labute approximate surface area is 203 Å². The minimum atomic E-state index is 0.0728. The molecule has 2 aliphatic heterocycles. The fourth-order valence-electron chi connectivity index (χ4n) is 5.09. The van der Waals surface area contributed by atoms with Crippen molar-refractivity contribution < 1.29 is 4.79 Å². The summed E-state index contributed by atoms with van der Waals surface area (Å²) in [6.45, 7) is 5.90. The number of amides is 1. The third-order valence-electron chi connectivity index (χ3n) is 6.82. The third-order valence-corrected chi connectivity index (χ3v) is 7.32. The van der Waals surface area contributed by atoms with Crippen molar-refractivity contribution in [3.8, 4) is 5.69 Å². The zero-order chi connectivity index (χ0) is 22.8. The Bertz CT molecular complexity index is 1120. The van der Waals surface area contributed by atoms with Crippen LogP contribution in [0.15, 0.2) is 53.0 Å². The number of likely N-dealkylation sites (tertiary alicyclic amines) is 1. The molecule has 1 aromatic heterocycles. The van der Waals surface area contributed by atoms with Crippen molar-refractivity contribution in [3.05, 3.63) is 58.8 Å². The molecule has 33 heavy (non-hydrogen) atoms. The molecule has 5 rings (SSSR count). The number of fused-ring (bicyclic) bond motifs is 1. The molecule has 0 aliphatic carbocycles. The van der Waals surface area contributed by atoms with Crippen molar-refractivity contribution in [1.29, 1.82) is 0 Å². The minimum absolute atomic E-state index is 0.0728. The summed E-state index contributed by atoms with van der Waals surface area (Å²) < 4.78 is 3.30. The van der Waals surface area contributed by atoms with Gasteiger partial charge in [-0.3, -0.25) is 19.7 Å². The second kappa shape index (κ2) is 9.93. The molecule has 2 aromatic carbocycles. The van der Waals surface area contributed by atoms with Gasteiger partial charge in [-0.05, 0) is 56.8 Å². The minimum Gasteiger partial charge on any atom is -0.340 e. The topological polar surface area (TPSA) is 56.6 Å². The number of benzene rings is 2. The summed E-state index contributed by atoms with van der Waals surface area (Å²) in [4.78, 5) is 22.7. The van der Waals surface area contributed by atoms with E-state index < -0.39 is 0 Å². The first-order chi connectivity index (χ1) is 16.1. The normalized spacial score (nSPS) is 20.4. The lowest BCUT2D eigenvalue weighted by Gasteiger charge is -2.38. The number of hydrazine groups is 1. The van der Waals surface area contributed by atoms with Gasteiger partial charge in [0, 0.05) is 42.9 Å². The molecule has 3 heterocycles. The number of carbonyl (C=O) groups excluding carboxylic acids is 1. The van der Waals surface area contributed by atoms with Crippen molar-refractivity contribution >= 4 is 32.9 Å². The van der Waals surface area contributed by atoms with E-state index in [0.717, 1.165) is 85.7 Å². The molecule has 0 saturated carbocycles. The van der Waals surface area contributed by atoms with Crippen LogP contribution in [0, 0.1) is 5.92 Å². The van der Waals surface area contributed by atoms with Gasteiger partial charge in [0.15, 0.2) is 0 Å². The Morgan fingerprint density at radius 1 is 1.09 bits per heavy atom. The summed E-state index contributed by atoms with van der Waals surface area (Å²) >= 11 is 3.61. The number of piperazine rings is 1. The van der Waals surface area contributed by atoms with Gasteiger partial charge in [-0.1, -0.05) is 34.1 Å². The lowest BCUT2D eigenvalue weighted by Crippen LogP contribution is -2.54. The molecule has 8 heteroatoms. The van der Waals surface area contributed by atoms with E-state index in [1.54, 1.807) is 0 Å². The zero-order valence-corrected chi connectivity index (χ0v) is 20.7. The van der Waals surface area contributed by atoms with E-state index in [0.29, 0.717) is 5.91 Å². The van der Waals surface area contributed by atoms with Gasteiger partial charge in [-0.15, -0.1) is 0 Å². The first-order valence-electron chi connectivity index (χ1n) is 11.8. The smallest absolute Gasteiger partial charge is 0.227 e. The van der Waals surface area contributed by atoms with Crippen LogP contribution in [0.2, 0.25) is 0 Å². The maximum absolute atomic E-state index is 13.2. The zero-order valence-electron chi connectivity index (χ0n) is 19.1. The molecular weight excluding hydrogens is 480 g/mol. The Hall–Kier alpha value is -2.26. The average molecular weight is 511 g/mol. The van der Waals surface area contributed by atoms with Crippen LogP contribution in [-0.2, 0) is 11.3 Å². The number of halogens is 1. The van der Waals surface area contributed by atoms with Crippen molar-refractivity contribution in [2.45, 2.75) is 19.4 Å². The highest BCUT2D eigenvalue weighted by molar-refractivity contribution is 9.10. The van der Waals surface area contributed by atoms with Crippen LogP contribution >= 0.6 is 15.9 Å². The molecule has 1 amide bonds. The summed E-state index contributed by atoms with van der Waals surface area (Å²) in [5.74, 6) is 1.41. The van der Waals surface area contributed by atoms with Crippen molar-refractivity contribution in [2.24, 2.45) is 5.92 Å². The molecule has 0 unspecified atom stereocenters. The van der Waals surface area contributed by atoms with Crippen LogP contribution in [0.3, 0.4) is 0 Å². The summed E-state index contributed by atoms with van der Waals surface area (Å²) in [5, 5.41) is 2.17. The van der Waals surface area contributed by atoms with Crippen LogP contribution in [0.5, 0.6) is 0 Å². The maximum Gasteiger partial charge on any atom is 0.227 e. The fourth-order valence-corrected chi connectivity index (χ4v) is 5.48. The van der Waals surface area contributed by atoms with Gasteiger partial charge in [-0.2, -0.15) is 0 Å². The van der Waals surface area contributed by atoms with Gasteiger partial charge < -0.3 is 4.90 Å². The quantitative estimate of drug-likeness (QED) is 0.570. The molecule has 1 atom stereocenters. The number of nitrogens with zero attached hydrogens (tertiary/aromatic N) is 5. The highest BCUT2D eigenvalue weighted by atomic mass is 79.9. The Balaban J connectivity index is 1.35. The highest BCUT2D eigenvalue weighted by Crippen LogP contribution is 2.26. The lowest BCUT2D eigenvalue weighted by molar-refractivity contribution is -0.139. The van der Waals surface area contributed by atoms with E-state index in [9.17, 15) is 4.79 Å². The van der Waals surface area contributed by atoms with Gasteiger partial charge in [0.05, 0.1) is 23.5 Å². The second-order valence-corrected chi connectivity index (χ2v) is 9.86. The molecule has 2 aliphatic rings. The Kier molecular flexibility index (Phi) is 6.78. The van der Waals surface area contributed by atoms with Crippen molar-refractivity contribution in [1.82, 2.24) is 29.8 Å². The second-order valence-electron chi connectivity index (χ2n) is 8.94. The molecule has 2 saturated heterocycles. The van der Waals surface area contributed by atoms with Crippen LogP contribution in [0.1, 0.15) is 18.7 Å². The number of carbonyl (C=O) groups is 1. The van der Waals surface area contributed by atoms with Gasteiger partial charge in [0.25, 0.3) is 0 Å². The SMILES string of the molecule is CNN1CCN(C(=O)[C@H]2CCCN(Cc3nc4ccccc4n3-c3cccc(Br)c3)C2)CC1. The number of rotatable bonds is 5. The van der Waals surface area contributed by atoms with Crippen LogP contribution in [0.4, 0.5) is 0 Å². The molecule has 0 spiro atoms. The number of aromatic nitrogens is 2. The first-order valence-corrected chi connectivity index (χ1v) is 12.6. The molecule has 174 valence electrons. The Morgan fingerprint density at radius 3 is 2.70 bits per heavy atom. The average Bonchev–Trinajstić information content (AvgIpc) is 3.21. The number of nitrogens with one attached hydrogen (secondary N) is 1. The summed E-state index contributed by atoms with van der Waals surface area (Å²) in [6.07, 6.45) is 2.02. The molecule has 7 nitrogen and oxygen atoms in total. The van der Waals surface area contributed by atoms with Crippen LogP contribution in [0.25, 0.3) is 16.7 Å². The monoisotopic (exact) mass is 510 g/mol. The van der Waals surface area contributed by atoms with E-state index in [4.69, 9.17) is 4.98 Å². The predicted molar refractivity (Wildman–Crippen MR) is 134 cm³/mol. The van der Waals surface area contributed by atoms with Gasteiger partial charge in [0.2, 0.25) is 5.91 Å². The molecule has 3 aromatic rings. The van der Waals surface area contributed by atoms with Gasteiger partial charge in [0.1, 0.15) is 5.82 Å². The van der Waals surface area contributed by atoms with Crippen LogP contribution in [-0.4, -0.2) is 76.6 Å². The van der Waals surface area contributed by atoms with E-state index in [1.807, 2.05) is 19.2 Å². The molecule has 2 fully saturated rings. The fraction of sp³-hybridized carbons (Fsp3) is 0.440. The van der Waals surface area contributed by atoms with Gasteiger partial charge in [-0.25, -0.2) is 9.99 Å². The highest BCUT2D eigenvalue weighted by Gasteiger charge is 2.31. The summed E-state index contributed by atoms with van der Waals surface area (Å²) in [6, 6.07) is 16.6. The lowest BCUT2D eigenvalue weighted by atomic mass is 9.96. The van der Waals surface area contributed by atoms with Crippen LogP contribution < -0.4 is 5.43 Å². The largest absolute Gasteiger partial charge is 0.340 e. The van der Waals surface area contributed by atoms with E-state index in [2.05, 4.69) is 77.1 Å². The third kappa shape index (κ3) is 4.84. The molecular formula is C25H31BrN6O. The first kappa shape index (κ1) is 22.5. The summed E-state index contributed by atoms with van der Waals surface area (Å²) in [5.41, 5.74) is 6.39. The van der Waals surface area contributed by atoms with E-state index in [1.165, 1.54) is 0 Å². The van der Waals surface area contributed by atoms with Gasteiger partial charge >= 0.3 is 0 Å². The number of imidazole rings is 1. The maximum atomic E-state index is 13.2. The van der Waals surface area contributed by atoms with Crippen molar-refractivity contribution in [3.63, 3.8) is 0 Å². The number of hydrogen-bond donors (Lipinski definition) is 1. The van der Waals surface area contributed by atoms with E-state index >= 15 is 0 Å². The van der Waals surface area contributed by atoms with E-state index in [-0.39, 0.29) is 5.92 Å². The predicted octanol–water partition coefficient (Wildman–Crippen LogP) is 3.28. The van der Waals surface area contributed by atoms with Crippen molar-refractivity contribution in [2.75, 3.05) is 46.3 Å². The molecule has 0 bridgehead atoms. The summed E-state index contributed by atoms with van der Waals surface area (Å²) in [7, 11) is 1.94. The number of piperidine rings is 1. The molecule has 0 radical (unpaired) electrons. The standard InChI is InChI=1S/C25H31BrN6O/c1-27-31-14-12-30(13-15-31)25(33)19-6-5-11-29(17-19)18-24-28-22-9-2-3-10-23(22)32(24)21-8-4-7-20(26)16-21/h2-4,7-10,16,19,27H,5-6,11-15,17-18H2,1H3/t19-/m0/s1.